The Balaban J connectivity index is 1.94. The monoisotopic (exact) mass is 253 g/mol. The highest BCUT2D eigenvalue weighted by Crippen LogP contribution is 2.14. The van der Waals surface area contributed by atoms with Crippen LogP contribution in [0.3, 0.4) is 0 Å². The first-order valence-electron chi connectivity index (χ1n) is 5.90. The summed E-state index contributed by atoms with van der Waals surface area (Å²) in [7, 11) is 0. The molecule has 0 atom stereocenters. The quantitative estimate of drug-likeness (QED) is 0.766. The van der Waals surface area contributed by atoms with E-state index in [1.807, 2.05) is 30.3 Å². The zero-order chi connectivity index (χ0) is 13.5. The molecule has 0 saturated carbocycles. The maximum atomic E-state index is 10.3. The van der Waals surface area contributed by atoms with Crippen molar-refractivity contribution >= 4 is 12.0 Å². The molecule has 2 aromatic carbocycles. The van der Waals surface area contributed by atoms with E-state index in [0.717, 1.165) is 23.0 Å². The number of benzene rings is 2. The molecule has 0 unspecified atom stereocenters. The van der Waals surface area contributed by atoms with Crippen LogP contribution in [-0.4, -0.2) is 5.97 Å². The Hall–Kier alpha value is -2.55. The zero-order valence-electron chi connectivity index (χ0n) is 10.3. The van der Waals surface area contributed by atoms with E-state index < -0.39 is 5.97 Å². The van der Waals surface area contributed by atoms with Gasteiger partial charge < -0.3 is 14.6 Å². The molecule has 3 heteroatoms. The third-order valence-corrected chi connectivity index (χ3v) is 2.54. The van der Waals surface area contributed by atoms with Gasteiger partial charge in [-0.2, -0.15) is 0 Å². The molecule has 2 aromatic rings. The number of carboxylic acids is 1. The van der Waals surface area contributed by atoms with Crippen LogP contribution in [0.4, 0.5) is 0 Å². The second kappa shape index (κ2) is 6.40. The van der Waals surface area contributed by atoms with Crippen molar-refractivity contribution in [3.63, 3.8) is 0 Å². The molecule has 0 radical (unpaired) electrons. The molecule has 0 aromatic heterocycles. The largest absolute Gasteiger partial charge is 0.545 e. The topological polar surface area (TPSA) is 49.4 Å². The molecule has 0 bridgehead atoms. The maximum absolute atomic E-state index is 10.3. The minimum absolute atomic E-state index is 0.509. The van der Waals surface area contributed by atoms with Crippen molar-refractivity contribution in [2.45, 2.75) is 6.61 Å². The van der Waals surface area contributed by atoms with Gasteiger partial charge in [-0.1, -0.05) is 48.5 Å². The lowest BCUT2D eigenvalue weighted by Gasteiger charge is -2.06. The van der Waals surface area contributed by atoms with Gasteiger partial charge in [-0.3, -0.25) is 0 Å². The van der Waals surface area contributed by atoms with Gasteiger partial charge in [0.05, 0.1) is 5.97 Å². The smallest absolute Gasteiger partial charge is 0.119 e. The van der Waals surface area contributed by atoms with Gasteiger partial charge in [0, 0.05) is 0 Å². The van der Waals surface area contributed by atoms with Crippen molar-refractivity contribution in [3.05, 3.63) is 71.8 Å². The second-order valence-corrected chi connectivity index (χ2v) is 4.00. The summed E-state index contributed by atoms with van der Waals surface area (Å²) >= 11 is 0. The van der Waals surface area contributed by atoms with E-state index in [1.165, 1.54) is 6.08 Å². The van der Waals surface area contributed by atoms with Gasteiger partial charge in [-0.15, -0.1) is 0 Å². The van der Waals surface area contributed by atoms with Crippen LogP contribution < -0.4 is 9.84 Å². The Bertz CT molecular complexity index is 556. The lowest BCUT2D eigenvalue weighted by atomic mass is 10.2. The maximum Gasteiger partial charge on any atom is 0.119 e. The number of hydrogen-bond donors (Lipinski definition) is 0. The Kier molecular flexibility index (Phi) is 4.34. The summed E-state index contributed by atoms with van der Waals surface area (Å²) in [4.78, 5) is 10.3. The summed E-state index contributed by atoms with van der Waals surface area (Å²) in [6.07, 6.45) is 2.48. The molecular weight excluding hydrogens is 240 g/mol. The van der Waals surface area contributed by atoms with Crippen molar-refractivity contribution in [2.24, 2.45) is 0 Å². The molecule has 0 fully saturated rings. The number of ether oxygens (including phenoxy) is 1. The molecule has 0 saturated heterocycles. The molecule has 0 N–H and O–H groups in total. The molecular formula is C16H13O3-. The van der Waals surface area contributed by atoms with Gasteiger partial charge >= 0.3 is 0 Å². The van der Waals surface area contributed by atoms with Gasteiger partial charge in [0.15, 0.2) is 0 Å². The Labute approximate surface area is 111 Å². The van der Waals surface area contributed by atoms with Gasteiger partial charge in [-0.25, -0.2) is 0 Å². The Morgan fingerprint density at radius 3 is 2.37 bits per heavy atom. The van der Waals surface area contributed by atoms with Gasteiger partial charge in [0.2, 0.25) is 0 Å². The first-order valence-corrected chi connectivity index (χ1v) is 5.90. The summed E-state index contributed by atoms with van der Waals surface area (Å²) in [5.41, 5.74) is 1.89. The standard InChI is InChI=1S/C16H14O3/c17-16(18)11-8-13-6-9-15(10-7-13)19-12-14-4-2-1-3-5-14/h1-11H,12H2,(H,17,18)/p-1/b11-8+. The number of carbonyl (C=O) groups is 1. The zero-order valence-corrected chi connectivity index (χ0v) is 10.3. The van der Waals surface area contributed by atoms with E-state index in [4.69, 9.17) is 4.74 Å². The fraction of sp³-hybridized carbons (Fsp3) is 0.0625. The lowest BCUT2D eigenvalue weighted by Crippen LogP contribution is -2.18. The van der Waals surface area contributed by atoms with Crippen LogP contribution in [0.25, 0.3) is 6.08 Å². The fourth-order valence-corrected chi connectivity index (χ4v) is 1.58. The van der Waals surface area contributed by atoms with E-state index in [1.54, 1.807) is 24.3 Å². The predicted octanol–water partition coefficient (Wildman–Crippen LogP) is 2.03. The highest BCUT2D eigenvalue weighted by atomic mass is 16.5. The van der Waals surface area contributed by atoms with E-state index in [0.29, 0.717) is 6.61 Å². The first-order chi connectivity index (χ1) is 9.24. The van der Waals surface area contributed by atoms with E-state index in [9.17, 15) is 9.90 Å². The highest BCUT2D eigenvalue weighted by molar-refractivity contribution is 5.83. The first kappa shape index (κ1) is 12.9. The predicted molar refractivity (Wildman–Crippen MR) is 71.3 cm³/mol. The summed E-state index contributed by atoms with van der Waals surface area (Å²) in [5, 5.41) is 10.3. The van der Waals surface area contributed by atoms with Crippen molar-refractivity contribution in [1.29, 1.82) is 0 Å². The molecule has 0 amide bonds. The number of aliphatic carboxylic acids is 1. The number of carbonyl (C=O) groups excluding carboxylic acids is 1. The minimum Gasteiger partial charge on any atom is -0.545 e. The molecule has 2 rings (SSSR count). The summed E-state index contributed by atoms with van der Waals surface area (Å²) in [6, 6.07) is 17.1. The van der Waals surface area contributed by atoms with Crippen LogP contribution in [0.2, 0.25) is 0 Å². The van der Waals surface area contributed by atoms with Crippen LogP contribution in [0.1, 0.15) is 11.1 Å². The minimum atomic E-state index is -1.20. The molecule has 3 nitrogen and oxygen atoms in total. The number of carboxylic acid groups (broad SMARTS) is 1. The SMILES string of the molecule is O=C([O-])/C=C/c1ccc(OCc2ccccc2)cc1. The van der Waals surface area contributed by atoms with Crippen LogP contribution >= 0.6 is 0 Å². The molecule has 96 valence electrons. The van der Waals surface area contributed by atoms with Crippen molar-refractivity contribution < 1.29 is 14.6 Å². The Morgan fingerprint density at radius 1 is 1.05 bits per heavy atom. The molecule has 0 spiro atoms. The van der Waals surface area contributed by atoms with Crippen molar-refractivity contribution in [2.75, 3.05) is 0 Å². The molecule has 0 aliphatic carbocycles. The normalized spacial score (nSPS) is 10.5. The highest BCUT2D eigenvalue weighted by Gasteiger charge is 1.95. The second-order valence-electron chi connectivity index (χ2n) is 4.00. The molecule has 19 heavy (non-hydrogen) atoms. The van der Waals surface area contributed by atoms with Crippen molar-refractivity contribution in [3.8, 4) is 5.75 Å². The third kappa shape index (κ3) is 4.32. The summed E-state index contributed by atoms with van der Waals surface area (Å²) < 4.78 is 5.62. The summed E-state index contributed by atoms with van der Waals surface area (Å²) in [6.45, 7) is 0.509. The van der Waals surface area contributed by atoms with Gasteiger partial charge in [0.25, 0.3) is 0 Å². The average Bonchev–Trinajstić information content (AvgIpc) is 2.45. The van der Waals surface area contributed by atoms with Crippen LogP contribution in [0.5, 0.6) is 5.75 Å². The number of rotatable bonds is 5. The van der Waals surface area contributed by atoms with Crippen LogP contribution in [-0.2, 0) is 11.4 Å². The van der Waals surface area contributed by atoms with Crippen LogP contribution in [0.15, 0.2) is 60.7 Å². The lowest BCUT2D eigenvalue weighted by molar-refractivity contribution is -0.297. The van der Waals surface area contributed by atoms with E-state index in [2.05, 4.69) is 0 Å². The van der Waals surface area contributed by atoms with Gasteiger partial charge in [0.1, 0.15) is 12.4 Å². The fourth-order valence-electron chi connectivity index (χ4n) is 1.58. The van der Waals surface area contributed by atoms with Gasteiger partial charge in [-0.05, 0) is 29.3 Å². The van der Waals surface area contributed by atoms with E-state index in [-0.39, 0.29) is 0 Å². The Morgan fingerprint density at radius 2 is 1.74 bits per heavy atom. The summed E-state index contributed by atoms with van der Waals surface area (Å²) in [5.74, 6) is -0.459. The van der Waals surface area contributed by atoms with Crippen LogP contribution in [0, 0.1) is 0 Å². The van der Waals surface area contributed by atoms with E-state index >= 15 is 0 Å². The number of hydrogen-bond acceptors (Lipinski definition) is 3. The molecule has 0 aliphatic rings. The molecule has 0 heterocycles. The van der Waals surface area contributed by atoms with Crippen molar-refractivity contribution in [1.82, 2.24) is 0 Å². The molecule has 0 aliphatic heterocycles. The third-order valence-electron chi connectivity index (χ3n) is 2.54. The average molecular weight is 253 g/mol.